The van der Waals surface area contributed by atoms with Gasteiger partial charge in [0.2, 0.25) is 0 Å². The van der Waals surface area contributed by atoms with E-state index in [-0.39, 0.29) is 12.5 Å². The number of rotatable bonds is 2. The first-order valence-electron chi connectivity index (χ1n) is 5.86. The minimum absolute atomic E-state index is 0.0584. The Morgan fingerprint density at radius 3 is 2.18 bits per heavy atom. The van der Waals surface area contributed by atoms with Crippen molar-refractivity contribution in [2.24, 2.45) is 5.73 Å². The van der Waals surface area contributed by atoms with Crippen LogP contribution in [0.15, 0.2) is 18.2 Å². The molecule has 0 unspecified atom stereocenters. The molecule has 2 N–H and O–H groups in total. The molecule has 1 aliphatic rings. The Balaban J connectivity index is 2.09. The molecule has 0 radical (unpaired) electrons. The molecule has 0 saturated heterocycles. The third-order valence-corrected chi connectivity index (χ3v) is 3.37. The van der Waals surface area contributed by atoms with Crippen LogP contribution in [0, 0.1) is 11.6 Å². The van der Waals surface area contributed by atoms with Crippen molar-refractivity contribution < 1.29 is 13.2 Å². The van der Waals surface area contributed by atoms with Crippen LogP contribution in [0.3, 0.4) is 0 Å². The smallest absolute Gasteiger partial charge is 0.126 e. The maximum absolute atomic E-state index is 14.4. The molecule has 17 heavy (non-hydrogen) atoms. The fourth-order valence-electron chi connectivity index (χ4n) is 2.41. The molecular formula is C13H16F3N. The van der Waals surface area contributed by atoms with E-state index in [0.717, 1.165) is 6.07 Å². The van der Waals surface area contributed by atoms with Gasteiger partial charge in [-0.05, 0) is 43.4 Å². The first kappa shape index (κ1) is 12.4. The van der Waals surface area contributed by atoms with Crippen molar-refractivity contribution in [3.8, 4) is 0 Å². The van der Waals surface area contributed by atoms with Crippen LogP contribution < -0.4 is 5.73 Å². The van der Waals surface area contributed by atoms with Gasteiger partial charge in [-0.25, -0.2) is 13.2 Å². The molecule has 0 heterocycles. The number of halogens is 3. The Kier molecular flexibility index (Phi) is 3.43. The van der Waals surface area contributed by atoms with E-state index in [1.54, 1.807) is 0 Å². The van der Waals surface area contributed by atoms with Gasteiger partial charge in [0, 0.05) is 18.5 Å². The van der Waals surface area contributed by atoms with E-state index in [0.29, 0.717) is 31.2 Å². The first-order valence-corrected chi connectivity index (χ1v) is 5.86. The predicted octanol–water partition coefficient (Wildman–Crippen LogP) is 3.12. The lowest BCUT2D eigenvalue weighted by atomic mass is 9.80. The molecule has 0 aliphatic heterocycles. The lowest BCUT2D eigenvalue weighted by Crippen LogP contribution is -2.37. The van der Waals surface area contributed by atoms with Gasteiger partial charge in [0.25, 0.3) is 0 Å². The zero-order valence-electron chi connectivity index (χ0n) is 9.56. The summed E-state index contributed by atoms with van der Waals surface area (Å²) in [5.74, 6) is -1.31. The van der Waals surface area contributed by atoms with Crippen LogP contribution in [-0.2, 0) is 6.42 Å². The Morgan fingerprint density at radius 1 is 1.12 bits per heavy atom. The number of hydrogen-bond acceptors (Lipinski definition) is 1. The predicted molar refractivity (Wildman–Crippen MR) is 60.3 cm³/mol. The summed E-state index contributed by atoms with van der Waals surface area (Å²) in [4.78, 5) is 0. The Bertz CT molecular complexity index is 377. The molecule has 0 amide bonds. The average molecular weight is 243 g/mol. The van der Waals surface area contributed by atoms with Crippen LogP contribution in [0.25, 0.3) is 0 Å². The molecule has 1 aromatic carbocycles. The van der Waals surface area contributed by atoms with Crippen LogP contribution in [0.4, 0.5) is 13.2 Å². The van der Waals surface area contributed by atoms with Gasteiger partial charge in [0.05, 0.1) is 0 Å². The molecule has 1 aliphatic carbocycles. The number of nitrogens with two attached hydrogens (primary N) is 1. The second-order valence-corrected chi connectivity index (χ2v) is 4.94. The van der Waals surface area contributed by atoms with Gasteiger partial charge in [-0.15, -0.1) is 0 Å². The molecule has 1 fully saturated rings. The summed E-state index contributed by atoms with van der Waals surface area (Å²) in [7, 11) is 0. The summed E-state index contributed by atoms with van der Waals surface area (Å²) < 4.78 is 40.4. The van der Waals surface area contributed by atoms with Crippen LogP contribution in [0.5, 0.6) is 0 Å². The molecule has 1 saturated carbocycles. The van der Waals surface area contributed by atoms with Crippen LogP contribution in [-0.4, -0.2) is 11.7 Å². The van der Waals surface area contributed by atoms with Crippen molar-refractivity contribution in [3.63, 3.8) is 0 Å². The maximum Gasteiger partial charge on any atom is 0.126 e. The largest absolute Gasteiger partial charge is 0.328 e. The minimum Gasteiger partial charge on any atom is -0.328 e. The van der Waals surface area contributed by atoms with E-state index >= 15 is 0 Å². The molecule has 0 bridgehead atoms. The average Bonchev–Trinajstić information content (AvgIpc) is 2.21. The molecule has 4 heteroatoms. The lowest BCUT2D eigenvalue weighted by Gasteiger charge is -2.32. The van der Waals surface area contributed by atoms with Crippen molar-refractivity contribution in [1.82, 2.24) is 0 Å². The summed E-state index contributed by atoms with van der Waals surface area (Å²) in [6.45, 7) is 0. The van der Waals surface area contributed by atoms with Gasteiger partial charge in [-0.3, -0.25) is 0 Å². The van der Waals surface area contributed by atoms with Crippen molar-refractivity contribution in [1.29, 1.82) is 0 Å². The molecule has 1 aromatic rings. The molecule has 1 nitrogen and oxygen atoms in total. The van der Waals surface area contributed by atoms with Crippen molar-refractivity contribution in [3.05, 3.63) is 35.4 Å². The van der Waals surface area contributed by atoms with E-state index in [1.807, 2.05) is 0 Å². The summed E-state index contributed by atoms with van der Waals surface area (Å²) in [5.41, 5.74) is 4.72. The fourth-order valence-corrected chi connectivity index (χ4v) is 2.41. The number of benzene rings is 1. The zero-order valence-corrected chi connectivity index (χ0v) is 9.56. The van der Waals surface area contributed by atoms with Crippen LogP contribution >= 0.6 is 0 Å². The van der Waals surface area contributed by atoms with Gasteiger partial charge in [-0.2, -0.15) is 0 Å². The summed E-state index contributed by atoms with van der Waals surface area (Å²) >= 11 is 0. The van der Waals surface area contributed by atoms with E-state index < -0.39 is 17.3 Å². The normalized spacial score (nSPS) is 29.3. The number of hydrogen-bond donors (Lipinski definition) is 1. The second kappa shape index (κ2) is 4.69. The topological polar surface area (TPSA) is 26.0 Å². The van der Waals surface area contributed by atoms with Crippen molar-refractivity contribution in [2.45, 2.75) is 43.8 Å². The Morgan fingerprint density at radius 2 is 1.65 bits per heavy atom. The Hall–Kier alpha value is -1.03. The fraction of sp³-hybridized carbons (Fsp3) is 0.538. The third-order valence-electron chi connectivity index (χ3n) is 3.37. The van der Waals surface area contributed by atoms with Gasteiger partial charge in [-0.1, -0.05) is 0 Å². The summed E-state index contributed by atoms with van der Waals surface area (Å²) in [6.07, 6.45) is 2.07. The molecule has 94 valence electrons. The van der Waals surface area contributed by atoms with Crippen LogP contribution in [0.2, 0.25) is 0 Å². The van der Waals surface area contributed by atoms with Gasteiger partial charge >= 0.3 is 0 Å². The standard InChI is InChI=1S/C13H16F3N/c14-10-5-9(6-11(15)7-10)8-13(16)3-1-12(17)2-4-13/h5-7,12H,1-4,8,17H2. The van der Waals surface area contributed by atoms with E-state index in [1.165, 1.54) is 12.1 Å². The summed E-state index contributed by atoms with van der Waals surface area (Å²) in [5, 5.41) is 0. The third kappa shape index (κ3) is 3.22. The first-order chi connectivity index (χ1) is 7.97. The van der Waals surface area contributed by atoms with Crippen LogP contribution in [0.1, 0.15) is 31.2 Å². The van der Waals surface area contributed by atoms with Gasteiger partial charge in [0.15, 0.2) is 0 Å². The SMILES string of the molecule is NC1CCC(F)(Cc2cc(F)cc(F)c2)CC1. The van der Waals surface area contributed by atoms with Gasteiger partial charge < -0.3 is 5.73 Å². The van der Waals surface area contributed by atoms with E-state index in [9.17, 15) is 13.2 Å². The summed E-state index contributed by atoms with van der Waals surface area (Å²) in [6, 6.07) is 3.24. The Labute approximate surface area is 98.8 Å². The molecular weight excluding hydrogens is 227 g/mol. The molecule has 2 rings (SSSR count). The quantitative estimate of drug-likeness (QED) is 0.848. The minimum atomic E-state index is -1.36. The monoisotopic (exact) mass is 243 g/mol. The second-order valence-electron chi connectivity index (χ2n) is 4.94. The van der Waals surface area contributed by atoms with E-state index in [4.69, 9.17) is 5.73 Å². The highest BCUT2D eigenvalue weighted by atomic mass is 19.1. The van der Waals surface area contributed by atoms with Crippen molar-refractivity contribution in [2.75, 3.05) is 0 Å². The molecule has 0 atom stereocenters. The highest BCUT2D eigenvalue weighted by molar-refractivity contribution is 5.20. The zero-order chi connectivity index (χ0) is 12.5. The molecule has 0 spiro atoms. The highest BCUT2D eigenvalue weighted by Gasteiger charge is 2.34. The van der Waals surface area contributed by atoms with E-state index in [2.05, 4.69) is 0 Å². The van der Waals surface area contributed by atoms with Crippen molar-refractivity contribution >= 4 is 0 Å². The number of alkyl halides is 1. The maximum atomic E-state index is 14.4. The van der Waals surface area contributed by atoms with Gasteiger partial charge in [0.1, 0.15) is 17.3 Å². The highest BCUT2D eigenvalue weighted by Crippen LogP contribution is 2.34. The molecule has 0 aromatic heterocycles. The lowest BCUT2D eigenvalue weighted by molar-refractivity contribution is 0.0993.